The fraction of sp³-hybridized carbons (Fsp3) is 0.381. The van der Waals surface area contributed by atoms with Crippen LogP contribution in [0.1, 0.15) is 29.3 Å². The molecule has 2 aromatic rings. The molecule has 2 rings (SSSR count). The summed E-state index contributed by atoms with van der Waals surface area (Å²) in [6.45, 7) is 8.39. The van der Waals surface area contributed by atoms with E-state index in [0.29, 0.717) is 5.56 Å². The molecule has 26 heavy (non-hydrogen) atoms. The number of hydrogen-bond acceptors (Lipinski definition) is 4. The van der Waals surface area contributed by atoms with Gasteiger partial charge in [-0.15, -0.1) is 0 Å². The first kappa shape index (κ1) is 20.2. The Labute approximate surface area is 157 Å². The van der Waals surface area contributed by atoms with Crippen LogP contribution in [0.15, 0.2) is 48.5 Å². The summed E-state index contributed by atoms with van der Waals surface area (Å²) < 4.78 is 16.9. The van der Waals surface area contributed by atoms with Crippen molar-refractivity contribution >= 4 is 14.1 Å². The summed E-state index contributed by atoms with van der Waals surface area (Å²) >= 11 is 0. The maximum atomic E-state index is 12.9. The maximum absolute atomic E-state index is 12.9. The first-order chi connectivity index (χ1) is 12.2. The Kier molecular flexibility index (Phi) is 6.26. The Balaban J connectivity index is 2.31. The third-order valence-corrected chi connectivity index (χ3v) is 5.20. The van der Waals surface area contributed by atoms with Gasteiger partial charge in [-0.05, 0) is 68.5 Å². The monoisotopic (exact) mass is 372 g/mol. The van der Waals surface area contributed by atoms with Gasteiger partial charge >= 0.3 is 0 Å². The highest BCUT2D eigenvalue weighted by Gasteiger charge is 2.35. The molecular formula is C21H28O4Si. The molecule has 0 radical (unpaired) electrons. The molecule has 4 nitrogen and oxygen atoms in total. The molecule has 2 aromatic carbocycles. The van der Waals surface area contributed by atoms with Crippen LogP contribution in [0, 0.1) is 0 Å². The van der Waals surface area contributed by atoms with Crippen LogP contribution in [0.5, 0.6) is 11.5 Å². The van der Waals surface area contributed by atoms with Crippen LogP contribution in [-0.2, 0) is 10.0 Å². The number of methoxy groups -OCH3 is 2. The van der Waals surface area contributed by atoms with Crippen molar-refractivity contribution in [1.82, 2.24) is 0 Å². The maximum Gasteiger partial charge on any atom is 0.184 e. The van der Waals surface area contributed by atoms with Gasteiger partial charge in [-0.25, -0.2) is 0 Å². The summed E-state index contributed by atoms with van der Waals surface area (Å²) in [4.78, 5) is 12.9. The number of benzene rings is 2. The molecule has 0 N–H and O–H groups in total. The summed E-state index contributed by atoms with van der Waals surface area (Å²) in [7, 11) is 1.37. The highest BCUT2D eigenvalue weighted by molar-refractivity contribution is 6.69. The number of hydrogen-bond donors (Lipinski definition) is 0. The molecule has 0 fully saturated rings. The fourth-order valence-corrected chi connectivity index (χ4v) is 4.54. The van der Waals surface area contributed by atoms with Crippen molar-refractivity contribution in [3.63, 3.8) is 0 Å². The summed E-state index contributed by atoms with van der Waals surface area (Å²) in [6.07, 6.45) is 0.274. The molecule has 0 aliphatic carbocycles. The second-order valence-corrected chi connectivity index (χ2v) is 11.9. The van der Waals surface area contributed by atoms with Crippen LogP contribution < -0.4 is 9.47 Å². The van der Waals surface area contributed by atoms with Crippen LogP contribution in [0.2, 0.25) is 19.6 Å². The van der Waals surface area contributed by atoms with Crippen LogP contribution in [0.3, 0.4) is 0 Å². The molecule has 0 saturated carbocycles. The van der Waals surface area contributed by atoms with E-state index in [4.69, 9.17) is 13.9 Å². The molecule has 0 bridgehead atoms. The molecule has 5 heteroatoms. The highest BCUT2D eigenvalue weighted by atomic mass is 28.4. The van der Waals surface area contributed by atoms with E-state index in [-0.39, 0.29) is 12.2 Å². The zero-order chi connectivity index (χ0) is 19.4. The SMILES string of the molecule is COc1ccc(C(=O)CC(C)(O[Si](C)(C)C)c2ccc(OC)cc2)cc1. The minimum absolute atomic E-state index is 0.0456. The summed E-state index contributed by atoms with van der Waals surface area (Å²) in [6, 6.07) is 14.9. The molecule has 0 amide bonds. The van der Waals surface area contributed by atoms with Crippen molar-refractivity contribution in [3.8, 4) is 11.5 Å². The largest absolute Gasteiger partial charge is 0.497 e. The van der Waals surface area contributed by atoms with Crippen molar-refractivity contribution in [2.75, 3.05) is 14.2 Å². The van der Waals surface area contributed by atoms with Gasteiger partial charge in [0.1, 0.15) is 11.5 Å². The van der Waals surface area contributed by atoms with Gasteiger partial charge in [-0.2, -0.15) is 0 Å². The third kappa shape index (κ3) is 5.19. The standard InChI is InChI=1S/C21H28O4Si/c1-21(25-26(4,5)6,17-9-13-19(24-3)14-10-17)15-20(22)16-7-11-18(23-2)12-8-16/h7-14H,15H2,1-6H3. The lowest BCUT2D eigenvalue weighted by atomic mass is 9.88. The number of ether oxygens (including phenoxy) is 2. The van der Waals surface area contributed by atoms with E-state index in [0.717, 1.165) is 17.1 Å². The zero-order valence-corrected chi connectivity index (χ0v) is 17.5. The van der Waals surface area contributed by atoms with Gasteiger partial charge in [-0.1, -0.05) is 12.1 Å². The third-order valence-electron chi connectivity index (χ3n) is 4.14. The number of carbonyl (C=O) groups excluding carboxylic acids is 1. The minimum atomic E-state index is -1.88. The Bertz CT molecular complexity index is 732. The van der Waals surface area contributed by atoms with Gasteiger partial charge in [-0.3, -0.25) is 4.79 Å². The topological polar surface area (TPSA) is 44.8 Å². The molecular weight excluding hydrogens is 344 g/mol. The smallest absolute Gasteiger partial charge is 0.184 e. The number of Topliss-reactive ketones (excluding diaryl/α,β-unsaturated/α-hetero) is 1. The average Bonchev–Trinajstić information content (AvgIpc) is 2.60. The second kappa shape index (κ2) is 8.06. The van der Waals surface area contributed by atoms with Gasteiger partial charge in [0, 0.05) is 12.0 Å². The predicted octanol–water partition coefficient (Wildman–Crippen LogP) is 5.04. The molecule has 1 unspecified atom stereocenters. The molecule has 0 aliphatic heterocycles. The molecule has 0 heterocycles. The first-order valence-corrected chi connectivity index (χ1v) is 12.1. The molecule has 1 atom stereocenters. The molecule has 0 spiro atoms. The lowest BCUT2D eigenvalue weighted by Crippen LogP contribution is -2.40. The van der Waals surface area contributed by atoms with Gasteiger partial charge in [0.2, 0.25) is 0 Å². The summed E-state index contributed by atoms with van der Waals surface area (Å²) in [5.74, 6) is 1.56. The van der Waals surface area contributed by atoms with E-state index < -0.39 is 13.9 Å². The van der Waals surface area contributed by atoms with Gasteiger partial charge < -0.3 is 13.9 Å². The van der Waals surface area contributed by atoms with E-state index in [1.54, 1.807) is 38.5 Å². The van der Waals surface area contributed by atoms with Crippen LogP contribution >= 0.6 is 0 Å². The van der Waals surface area contributed by atoms with Crippen molar-refractivity contribution in [3.05, 3.63) is 59.7 Å². The van der Waals surface area contributed by atoms with E-state index in [2.05, 4.69) is 19.6 Å². The molecule has 0 saturated heterocycles. The normalized spacial score (nSPS) is 13.8. The Hall–Kier alpha value is -2.11. The van der Waals surface area contributed by atoms with Crippen molar-refractivity contribution in [2.24, 2.45) is 0 Å². The highest BCUT2D eigenvalue weighted by Crippen LogP contribution is 2.35. The lowest BCUT2D eigenvalue weighted by molar-refractivity contribution is 0.0568. The van der Waals surface area contributed by atoms with Gasteiger partial charge in [0.15, 0.2) is 14.1 Å². The predicted molar refractivity (Wildman–Crippen MR) is 107 cm³/mol. The van der Waals surface area contributed by atoms with Crippen LogP contribution in [0.25, 0.3) is 0 Å². The van der Waals surface area contributed by atoms with Crippen LogP contribution in [-0.4, -0.2) is 28.3 Å². The second-order valence-electron chi connectivity index (χ2n) is 7.50. The van der Waals surface area contributed by atoms with E-state index in [1.807, 2.05) is 31.2 Å². The Morgan fingerprint density at radius 1 is 0.885 bits per heavy atom. The average molecular weight is 373 g/mol. The first-order valence-electron chi connectivity index (χ1n) is 8.69. The zero-order valence-electron chi connectivity index (χ0n) is 16.5. The lowest BCUT2D eigenvalue weighted by Gasteiger charge is -2.36. The Morgan fingerprint density at radius 3 is 1.77 bits per heavy atom. The minimum Gasteiger partial charge on any atom is -0.497 e. The van der Waals surface area contributed by atoms with Gasteiger partial charge in [0.05, 0.1) is 19.8 Å². The van der Waals surface area contributed by atoms with Crippen molar-refractivity contribution < 1.29 is 18.7 Å². The van der Waals surface area contributed by atoms with Crippen molar-refractivity contribution in [1.29, 1.82) is 0 Å². The number of carbonyl (C=O) groups is 1. The quantitative estimate of drug-likeness (QED) is 0.481. The van der Waals surface area contributed by atoms with Crippen molar-refractivity contribution in [2.45, 2.75) is 38.6 Å². The van der Waals surface area contributed by atoms with Crippen LogP contribution in [0.4, 0.5) is 0 Å². The fourth-order valence-electron chi connectivity index (χ4n) is 3.00. The summed E-state index contributed by atoms with van der Waals surface area (Å²) in [5.41, 5.74) is 0.945. The number of rotatable bonds is 8. The molecule has 140 valence electrons. The van der Waals surface area contributed by atoms with E-state index in [1.165, 1.54) is 0 Å². The Morgan fingerprint density at radius 2 is 1.35 bits per heavy atom. The molecule has 0 aromatic heterocycles. The van der Waals surface area contributed by atoms with E-state index >= 15 is 0 Å². The summed E-state index contributed by atoms with van der Waals surface area (Å²) in [5, 5.41) is 0. The molecule has 0 aliphatic rings. The number of ketones is 1. The van der Waals surface area contributed by atoms with E-state index in [9.17, 15) is 4.79 Å². The van der Waals surface area contributed by atoms with Gasteiger partial charge in [0.25, 0.3) is 0 Å².